The van der Waals surface area contributed by atoms with E-state index in [9.17, 15) is 0 Å². The van der Waals surface area contributed by atoms with Gasteiger partial charge in [-0.2, -0.15) is 5.26 Å². The van der Waals surface area contributed by atoms with Gasteiger partial charge in [-0.1, -0.05) is 31.9 Å². The Morgan fingerprint density at radius 2 is 2.14 bits per heavy atom. The maximum absolute atomic E-state index is 8.50. The molecular formula is C18H26N2O. The van der Waals surface area contributed by atoms with Crippen LogP contribution in [0.3, 0.4) is 0 Å². The molecule has 1 saturated carbocycles. The van der Waals surface area contributed by atoms with Gasteiger partial charge >= 0.3 is 0 Å². The van der Waals surface area contributed by atoms with Crippen molar-refractivity contribution in [2.24, 2.45) is 5.41 Å². The van der Waals surface area contributed by atoms with Gasteiger partial charge in [-0.15, -0.1) is 0 Å². The molecule has 1 N–H and O–H groups in total. The summed E-state index contributed by atoms with van der Waals surface area (Å²) in [5.41, 5.74) is 1.75. The molecule has 0 amide bonds. The van der Waals surface area contributed by atoms with Crippen LogP contribution in [0.2, 0.25) is 0 Å². The fraction of sp³-hybridized carbons (Fsp3) is 0.611. The number of benzene rings is 1. The Kier molecular flexibility index (Phi) is 6.07. The topological polar surface area (TPSA) is 45.0 Å². The van der Waals surface area contributed by atoms with Crippen LogP contribution >= 0.6 is 0 Å². The van der Waals surface area contributed by atoms with Crippen LogP contribution in [0.25, 0.3) is 0 Å². The molecule has 1 aromatic rings. The van der Waals surface area contributed by atoms with Gasteiger partial charge in [-0.25, -0.2) is 0 Å². The molecule has 1 fully saturated rings. The molecule has 0 unspecified atom stereocenters. The van der Waals surface area contributed by atoms with Gasteiger partial charge in [0.05, 0.1) is 12.7 Å². The first-order chi connectivity index (χ1) is 10.2. The van der Waals surface area contributed by atoms with Gasteiger partial charge in [0.1, 0.15) is 5.75 Å². The van der Waals surface area contributed by atoms with Crippen molar-refractivity contribution >= 4 is 0 Å². The molecule has 0 heterocycles. The van der Waals surface area contributed by atoms with Crippen LogP contribution in [-0.4, -0.2) is 13.2 Å². The van der Waals surface area contributed by atoms with Crippen LogP contribution in [0.1, 0.15) is 51.0 Å². The van der Waals surface area contributed by atoms with Crippen LogP contribution in [-0.2, 0) is 6.54 Å². The highest BCUT2D eigenvalue weighted by atomic mass is 16.5. The van der Waals surface area contributed by atoms with E-state index >= 15 is 0 Å². The van der Waals surface area contributed by atoms with Crippen LogP contribution in [0, 0.1) is 16.7 Å². The summed E-state index contributed by atoms with van der Waals surface area (Å²) < 4.78 is 5.67. The third-order valence-corrected chi connectivity index (χ3v) is 4.29. The van der Waals surface area contributed by atoms with Gasteiger partial charge in [0.2, 0.25) is 0 Å². The highest BCUT2D eigenvalue weighted by Gasteiger charge is 2.27. The average Bonchev–Trinajstić information content (AvgIpc) is 2.91. The second-order valence-corrected chi connectivity index (χ2v) is 6.38. The number of rotatable bonds is 8. The van der Waals surface area contributed by atoms with Crippen molar-refractivity contribution in [1.29, 1.82) is 5.26 Å². The van der Waals surface area contributed by atoms with E-state index in [0.29, 0.717) is 18.4 Å². The first kappa shape index (κ1) is 15.9. The minimum absolute atomic E-state index is 0.491. The van der Waals surface area contributed by atoms with E-state index in [2.05, 4.69) is 30.4 Å². The Bertz CT molecular complexity index is 472. The lowest BCUT2D eigenvalue weighted by atomic mass is 9.89. The van der Waals surface area contributed by atoms with Crippen LogP contribution in [0.15, 0.2) is 24.3 Å². The fourth-order valence-corrected chi connectivity index (χ4v) is 3.00. The zero-order valence-electron chi connectivity index (χ0n) is 13.0. The summed E-state index contributed by atoms with van der Waals surface area (Å²) in [6.45, 7) is 5.00. The molecule has 0 aromatic heterocycles. The molecule has 0 radical (unpaired) electrons. The summed E-state index contributed by atoms with van der Waals surface area (Å²) in [4.78, 5) is 0. The summed E-state index contributed by atoms with van der Waals surface area (Å²) in [5.74, 6) is 0.902. The Balaban J connectivity index is 1.74. The highest BCUT2D eigenvalue weighted by Crippen LogP contribution is 2.36. The van der Waals surface area contributed by atoms with Gasteiger partial charge in [0.15, 0.2) is 0 Å². The summed E-state index contributed by atoms with van der Waals surface area (Å²) in [6.07, 6.45) is 6.80. The van der Waals surface area contributed by atoms with E-state index < -0.39 is 0 Å². The minimum Gasteiger partial charge on any atom is -0.494 e. The number of hydrogen-bond donors (Lipinski definition) is 1. The van der Waals surface area contributed by atoms with Gasteiger partial charge in [-0.05, 0) is 42.4 Å². The summed E-state index contributed by atoms with van der Waals surface area (Å²) in [5, 5.41) is 12.1. The van der Waals surface area contributed by atoms with E-state index in [4.69, 9.17) is 10.00 Å². The molecule has 114 valence electrons. The average molecular weight is 286 g/mol. The maximum Gasteiger partial charge on any atom is 0.119 e. The van der Waals surface area contributed by atoms with Gasteiger partial charge in [-0.3, -0.25) is 0 Å². The number of nitriles is 1. The molecule has 1 aromatic carbocycles. The highest BCUT2D eigenvalue weighted by molar-refractivity contribution is 5.28. The normalized spacial score (nSPS) is 16.6. The maximum atomic E-state index is 8.50. The number of ether oxygens (including phenoxy) is 1. The summed E-state index contributed by atoms with van der Waals surface area (Å²) in [6, 6.07) is 10.4. The number of hydrogen-bond acceptors (Lipinski definition) is 3. The van der Waals surface area contributed by atoms with Crippen LogP contribution in [0.4, 0.5) is 0 Å². The molecule has 3 nitrogen and oxygen atoms in total. The lowest BCUT2D eigenvalue weighted by molar-refractivity contribution is 0.310. The molecule has 1 aliphatic rings. The van der Waals surface area contributed by atoms with E-state index in [-0.39, 0.29) is 0 Å². The van der Waals surface area contributed by atoms with Gasteiger partial charge in [0, 0.05) is 19.5 Å². The van der Waals surface area contributed by atoms with E-state index in [0.717, 1.165) is 25.3 Å². The third kappa shape index (κ3) is 5.40. The number of unbranched alkanes of at least 4 members (excludes halogenated alkanes) is 1. The lowest BCUT2D eigenvalue weighted by Crippen LogP contribution is -2.29. The number of nitrogens with one attached hydrogen (secondary N) is 1. The molecule has 0 spiro atoms. The molecule has 3 heteroatoms. The molecular weight excluding hydrogens is 260 g/mol. The fourth-order valence-electron chi connectivity index (χ4n) is 3.00. The SMILES string of the molecule is CC1(CNCc2cccc(OCCCC#N)c2)CCCC1. The second kappa shape index (κ2) is 8.05. The van der Waals surface area contributed by atoms with E-state index in [1.54, 1.807) is 0 Å². The van der Waals surface area contributed by atoms with E-state index in [1.807, 2.05) is 12.1 Å². The van der Waals surface area contributed by atoms with Crippen molar-refractivity contribution in [2.75, 3.05) is 13.2 Å². The Labute approximate surface area is 128 Å². The zero-order chi connectivity index (χ0) is 15.0. The molecule has 21 heavy (non-hydrogen) atoms. The first-order valence-corrected chi connectivity index (χ1v) is 8.01. The largest absolute Gasteiger partial charge is 0.494 e. The monoisotopic (exact) mass is 286 g/mol. The Hall–Kier alpha value is -1.53. The predicted octanol–water partition coefficient (Wildman–Crippen LogP) is 4.04. The van der Waals surface area contributed by atoms with Crippen molar-refractivity contribution in [2.45, 2.75) is 52.0 Å². The van der Waals surface area contributed by atoms with Crippen LogP contribution in [0.5, 0.6) is 5.75 Å². The van der Waals surface area contributed by atoms with E-state index in [1.165, 1.54) is 31.2 Å². The first-order valence-electron chi connectivity index (χ1n) is 8.01. The van der Waals surface area contributed by atoms with Gasteiger partial charge in [0.25, 0.3) is 0 Å². The quantitative estimate of drug-likeness (QED) is 0.734. The summed E-state index contributed by atoms with van der Waals surface area (Å²) in [7, 11) is 0. The molecule has 0 atom stereocenters. The molecule has 0 aliphatic heterocycles. The zero-order valence-corrected chi connectivity index (χ0v) is 13.0. The standard InChI is InChI=1S/C18H26N2O/c1-18(9-2-3-10-18)15-20-14-16-7-6-8-17(13-16)21-12-5-4-11-19/h6-8,13,20H,2-5,9-10,12,14-15H2,1H3. The van der Waals surface area contributed by atoms with Crippen molar-refractivity contribution in [3.8, 4) is 11.8 Å². The second-order valence-electron chi connectivity index (χ2n) is 6.38. The third-order valence-electron chi connectivity index (χ3n) is 4.29. The predicted molar refractivity (Wildman–Crippen MR) is 85.1 cm³/mol. The summed E-state index contributed by atoms with van der Waals surface area (Å²) >= 11 is 0. The van der Waals surface area contributed by atoms with Crippen molar-refractivity contribution < 1.29 is 4.74 Å². The van der Waals surface area contributed by atoms with Crippen molar-refractivity contribution in [3.63, 3.8) is 0 Å². The number of nitrogens with zero attached hydrogens (tertiary/aromatic N) is 1. The molecule has 1 aliphatic carbocycles. The Morgan fingerprint density at radius 1 is 1.33 bits per heavy atom. The lowest BCUT2D eigenvalue weighted by Gasteiger charge is -2.23. The van der Waals surface area contributed by atoms with Crippen molar-refractivity contribution in [3.05, 3.63) is 29.8 Å². The Morgan fingerprint density at radius 3 is 2.90 bits per heavy atom. The van der Waals surface area contributed by atoms with Crippen molar-refractivity contribution in [1.82, 2.24) is 5.32 Å². The van der Waals surface area contributed by atoms with Crippen LogP contribution < -0.4 is 10.1 Å². The molecule has 2 rings (SSSR count). The smallest absolute Gasteiger partial charge is 0.119 e. The van der Waals surface area contributed by atoms with Gasteiger partial charge < -0.3 is 10.1 Å². The molecule has 0 saturated heterocycles. The molecule has 0 bridgehead atoms. The minimum atomic E-state index is 0.491.